The van der Waals surface area contributed by atoms with Crippen molar-refractivity contribution in [2.45, 2.75) is 25.8 Å². The van der Waals surface area contributed by atoms with Crippen molar-refractivity contribution < 1.29 is 14.3 Å². The second-order valence-corrected chi connectivity index (χ2v) is 6.20. The number of benzene rings is 2. The average Bonchev–Trinajstić information content (AvgIpc) is 3.11. The van der Waals surface area contributed by atoms with E-state index in [1.165, 1.54) is 11.1 Å². The third-order valence-corrected chi connectivity index (χ3v) is 4.71. The summed E-state index contributed by atoms with van der Waals surface area (Å²) in [6.07, 6.45) is 1.98. The molecular weight excluding hydrogens is 316 g/mol. The van der Waals surface area contributed by atoms with Crippen molar-refractivity contribution in [1.29, 1.82) is 0 Å². The number of nitrogens with zero attached hydrogens (tertiary/aromatic N) is 1. The van der Waals surface area contributed by atoms with Gasteiger partial charge in [-0.2, -0.15) is 0 Å². The zero-order valence-corrected chi connectivity index (χ0v) is 14.9. The summed E-state index contributed by atoms with van der Waals surface area (Å²) in [5.41, 5.74) is 3.04. The lowest BCUT2D eigenvalue weighted by molar-refractivity contribution is 0.207. The molecule has 25 heavy (non-hydrogen) atoms. The molecule has 2 aromatic carbocycles. The van der Waals surface area contributed by atoms with Crippen LogP contribution in [0, 0.1) is 6.92 Å². The van der Waals surface area contributed by atoms with Crippen molar-refractivity contribution in [2.75, 3.05) is 26.1 Å². The van der Waals surface area contributed by atoms with Crippen LogP contribution < -0.4 is 14.8 Å². The largest absolute Gasteiger partial charge is 0.497 e. The number of carbonyl (C=O) groups is 1. The lowest BCUT2D eigenvalue weighted by Gasteiger charge is -2.27. The second-order valence-electron chi connectivity index (χ2n) is 6.20. The highest BCUT2D eigenvalue weighted by Gasteiger charge is 2.31. The number of carbonyl (C=O) groups excluding carboxylic acids is 1. The molecule has 0 aromatic heterocycles. The number of ether oxygens (including phenoxy) is 2. The zero-order chi connectivity index (χ0) is 17.8. The highest BCUT2D eigenvalue weighted by atomic mass is 16.5. The first kappa shape index (κ1) is 17.1. The molecule has 5 nitrogen and oxygen atoms in total. The number of nitrogens with one attached hydrogen (secondary N) is 1. The van der Waals surface area contributed by atoms with Gasteiger partial charge in [0.2, 0.25) is 0 Å². The molecule has 0 saturated carbocycles. The van der Waals surface area contributed by atoms with Crippen molar-refractivity contribution in [3.8, 4) is 11.5 Å². The molecule has 1 N–H and O–H groups in total. The first-order chi connectivity index (χ1) is 12.1. The van der Waals surface area contributed by atoms with Gasteiger partial charge in [0.15, 0.2) is 0 Å². The van der Waals surface area contributed by atoms with E-state index in [4.69, 9.17) is 9.47 Å². The molecule has 0 bridgehead atoms. The number of likely N-dealkylation sites (tertiary alicyclic amines) is 1. The normalized spacial score (nSPS) is 16.6. The Hall–Kier alpha value is -2.69. The van der Waals surface area contributed by atoms with E-state index in [-0.39, 0.29) is 12.1 Å². The van der Waals surface area contributed by atoms with E-state index < -0.39 is 0 Å². The summed E-state index contributed by atoms with van der Waals surface area (Å²) in [6.45, 7) is 2.84. The number of anilines is 1. The van der Waals surface area contributed by atoms with Crippen molar-refractivity contribution in [2.24, 2.45) is 0 Å². The molecule has 1 heterocycles. The van der Waals surface area contributed by atoms with Crippen molar-refractivity contribution in [3.05, 3.63) is 53.6 Å². The van der Waals surface area contributed by atoms with Crippen LogP contribution in [-0.2, 0) is 0 Å². The minimum Gasteiger partial charge on any atom is -0.497 e. The fourth-order valence-electron chi connectivity index (χ4n) is 3.39. The first-order valence-corrected chi connectivity index (χ1v) is 8.49. The van der Waals surface area contributed by atoms with Crippen LogP contribution in [0.3, 0.4) is 0 Å². The zero-order valence-electron chi connectivity index (χ0n) is 14.9. The van der Waals surface area contributed by atoms with Gasteiger partial charge in [0, 0.05) is 12.6 Å². The van der Waals surface area contributed by atoms with E-state index in [2.05, 4.69) is 24.4 Å². The van der Waals surface area contributed by atoms with Gasteiger partial charge < -0.3 is 19.7 Å². The Kier molecular flexibility index (Phi) is 5.12. The molecule has 1 fully saturated rings. The Morgan fingerprint density at radius 3 is 2.68 bits per heavy atom. The lowest BCUT2D eigenvalue weighted by atomic mass is 9.99. The molecule has 0 radical (unpaired) electrons. The number of methoxy groups -OCH3 is 2. The molecule has 1 aliphatic rings. The fraction of sp³-hybridized carbons (Fsp3) is 0.350. The fourth-order valence-corrected chi connectivity index (χ4v) is 3.39. The smallest absolute Gasteiger partial charge is 0.322 e. The summed E-state index contributed by atoms with van der Waals surface area (Å²) in [7, 11) is 3.19. The summed E-state index contributed by atoms with van der Waals surface area (Å²) in [5.74, 6) is 1.29. The van der Waals surface area contributed by atoms with Gasteiger partial charge in [-0.1, -0.05) is 24.3 Å². The minimum absolute atomic E-state index is 0.109. The molecule has 2 aromatic rings. The maximum atomic E-state index is 12.9. The number of hydrogen-bond donors (Lipinski definition) is 1. The number of aryl methyl sites for hydroxylation is 1. The van der Waals surface area contributed by atoms with Gasteiger partial charge in [-0.25, -0.2) is 4.79 Å². The lowest BCUT2D eigenvalue weighted by Crippen LogP contribution is -2.34. The number of urea groups is 1. The summed E-state index contributed by atoms with van der Waals surface area (Å²) < 4.78 is 10.6. The Bertz CT molecular complexity index is 760. The van der Waals surface area contributed by atoms with E-state index >= 15 is 0 Å². The van der Waals surface area contributed by atoms with Crippen molar-refractivity contribution >= 4 is 11.7 Å². The van der Waals surface area contributed by atoms with Crippen LogP contribution in [-0.4, -0.2) is 31.7 Å². The van der Waals surface area contributed by atoms with Crippen LogP contribution >= 0.6 is 0 Å². The number of amides is 2. The molecule has 5 heteroatoms. The minimum atomic E-state index is -0.114. The van der Waals surface area contributed by atoms with Crippen LogP contribution in [0.4, 0.5) is 10.5 Å². The van der Waals surface area contributed by atoms with E-state index in [1.807, 2.05) is 17.0 Å². The quantitative estimate of drug-likeness (QED) is 0.898. The second kappa shape index (κ2) is 7.47. The van der Waals surface area contributed by atoms with Crippen molar-refractivity contribution in [1.82, 2.24) is 4.90 Å². The van der Waals surface area contributed by atoms with Crippen LogP contribution in [0.1, 0.15) is 30.0 Å². The van der Waals surface area contributed by atoms with Gasteiger partial charge in [-0.05, 0) is 43.0 Å². The SMILES string of the molecule is COc1ccc(OC)c(NC(=O)N2CCCC2c2ccccc2C)c1. The first-order valence-electron chi connectivity index (χ1n) is 8.49. The highest BCUT2D eigenvalue weighted by molar-refractivity contribution is 5.91. The molecule has 132 valence electrons. The van der Waals surface area contributed by atoms with Crippen LogP contribution in [0.2, 0.25) is 0 Å². The van der Waals surface area contributed by atoms with Crippen LogP contribution in [0.25, 0.3) is 0 Å². The Morgan fingerprint density at radius 2 is 1.96 bits per heavy atom. The molecule has 2 amide bonds. The van der Waals surface area contributed by atoms with Crippen LogP contribution in [0.5, 0.6) is 11.5 Å². The van der Waals surface area contributed by atoms with Gasteiger partial charge in [0.1, 0.15) is 11.5 Å². The molecule has 1 saturated heterocycles. The van der Waals surface area contributed by atoms with E-state index in [9.17, 15) is 4.79 Å². The molecule has 1 atom stereocenters. The predicted molar refractivity (Wildman–Crippen MR) is 98.4 cm³/mol. The standard InChI is InChI=1S/C20H24N2O3/c1-14-7-4-5-8-16(14)18-9-6-12-22(18)20(23)21-17-13-15(24-2)10-11-19(17)25-3/h4-5,7-8,10-11,13,18H,6,9,12H2,1-3H3,(H,21,23). The average molecular weight is 340 g/mol. The van der Waals surface area contributed by atoms with Crippen molar-refractivity contribution in [3.63, 3.8) is 0 Å². The molecular formula is C20H24N2O3. The van der Waals surface area contributed by atoms with Crippen LogP contribution in [0.15, 0.2) is 42.5 Å². The van der Waals surface area contributed by atoms with Gasteiger partial charge in [-0.3, -0.25) is 0 Å². The number of rotatable bonds is 4. The monoisotopic (exact) mass is 340 g/mol. The maximum absolute atomic E-state index is 12.9. The number of hydrogen-bond acceptors (Lipinski definition) is 3. The van der Waals surface area contributed by atoms with E-state index in [0.29, 0.717) is 17.2 Å². The van der Waals surface area contributed by atoms with E-state index in [0.717, 1.165) is 19.4 Å². The Labute approximate surface area is 148 Å². The maximum Gasteiger partial charge on any atom is 0.322 e. The van der Waals surface area contributed by atoms with Gasteiger partial charge >= 0.3 is 6.03 Å². The van der Waals surface area contributed by atoms with Gasteiger partial charge in [0.05, 0.1) is 25.9 Å². The molecule has 1 aliphatic heterocycles. The third kappa shape index (κ3) is 3.55. The molecule has 0 aliphatic carbocycles. The Balaban J connectivity index is 1.82. The molecule has 1 unspecified atom stereocenters. The third-order valence-electron chi connectivity index (χ3n) is 4.71. The van der Waals surface area contributed by atoms with E-state index in [1.54, 1.807) is 32.4 Å². The Morgan fingerprint density at radius 1 is 1.16 bits per heavy atom. The summed E-state index contributed by atoms with van der Waals surface area (Å²) in [6, 6.07) is 13.6. The summed E-state index contributed by atoms with van der Waals surface area (Å²) in [4.78, 5) is 14.8. The topological polar surface area (TPSA) is 50.8 Å². The molecule has 3 rings (SSSR count). The molecule has 0 spiro atoms. The summed E-state index contributed by atoms with van der Waals surface area (Å²) >= 11 is 0. The van der Waals surface area contributed by atoms with Gasteiger partial charge in [-0.15, -0.1) is 0 Å². The highest BCUT2D eigenvalue weighted by Crippen LogP contribution is 2.35. The predicted octanol–water partition coefficient (Wildman–Crippen LogP) is 4.38. The summed E-state index contributed by atoms with van der Waals surface area (Å²) in [5, 5.41) is 2.98. The van der Waals surface area contributed by atoms with Gasteiger partial charge in [0.25, 0.3) is 0 Å².